The molecule has 13 heteroatoms. The summed E-state index contributed by atoms with van der Waals surface area (Å²) in [7, 11) is 0. The highest BCUT2D eigenvalue weighted by molar-refractivity contribution is 6.30. The molecule has 0 N–H and O–H groups in total. The summed E-state index contributed by atoms with van der Waals surface area (Å²) in [5.41, 5.74) is -1.84. The third kappa shape index (κ3) is 3.62. The maximum Gasteiger partial charge on any atom is 0.472 e. The van der Waals surface area contributed by atoms with E-state index in [0.29, 0.717) is 12.1 Å². The molecular formula is C12H4ClF11O. The van der Waals surface area contributed by atoms with Crippen LogP contribution >= 0.6 is 11.6 Å². The Balaban J connectivity index is 3.37. The lowest BCUT2D eigenvalue weighted by molar-refractivity contribution is -0.426. The lowest BCUT2D eigenvalue weighted by Gasteiger charge is -2.35. The maximum absolute atomic E-state index is 13.7. The Hall–Kier alpha value is -1.72. The topological polar surface area (TPSA) is 9.23 Å². The predicted octanol–water partition coefficient (Wildman–Crippen LogP) is 6.35. The molecule has 0 amide bonds. The van der Waals surface area contributed by atoms with Gasteiger partial charge in [-0.2, -0.15) is 48.3 Å². The molecule has 1 nitrogen and oxygen atoms in total. The van der Waals surface area contributed by atoms with Gasteiger partial charge in [0.25, 0.3) is 0 Å². The van der Waals surface area contributed by atoms with Crippen LogP contribution in [0, 0.1) is 0 Å². The Kier molecular flexibility index (Phi) is 5.58. The molecule has 0 atom stereocenters. The van der Waals surface area contributed by atoms with Gasteiger partial charge in [0.15, 0.2) is 0 Å². The second-order valence-electron chi connectivity index (χ2n) is 4.38. The zero-order valence-corrected chi connectivity index (χ0v) is 12.0. The summed E-state index contributed by atoms with van der Waals surface area (Å²) in [5.74, 6) is -19.9. The Morgan fingerprint density at radius 3 is 1.60 bits per heavy atom. The number of ether oxygens (including phenoxy) is 1. The van der Waals surface area contributed by atoms with Crippen molar-refractivity contribution in [3.8, 4) is 0 Å². The van der Waals surface area contributed by atoms with Crippen LogP contribution < -0.4 is 0 Å². The van der Waals surface area contributed by atoms with Gasteiger partial charge in [0.1, 0.15) is 0 Å². The Morgan fingerprint density at radius 2 is 1.20 bits per heavy atom. The van der Waals surface area contributed by atoms with E-state index in [-0.39, 0.29) is 17.2 Å². The minimum Gasteiger partial charge on any atom is -0.397 e. The van der Waals surface area contributed by atoms with Crippen LogP contribution in [0.4, 0.5) is 48.3 Å². The third-order valence-electron chi connectivity index (χ3n) is 2.73. The summed E-state index contributed by atoms with van der Waals surface area (Å²) in [6.07, 6.45) is -10.4. The van der Waals surface area contributed by atoms with E-state index in [4.69, 9.17) is 11.6 Å². The molecule has 0 saturated heterocycles. The lowest BCUT2D eigenvalue weighted by atomic mass is 9.96. The van der Waals surface area contributed by atoms with Crippen molar-refractivity contribution in [1.29, 1.82) is 0 Å². The molecule has 0 heterocycles. The van der Waals surface area contributed by atoms with E-state index in [1.165, 1.54) is 0 Å². The zero-order valence-electron chi connectivity index (χ0n) is 11.3. The van der Waals surface area contributed by atoms with Crippen molar-refractivity contribution in [3.63, 3.8) is 0 Å². The van der Waals surface area contributed by atoms with Gasteiger partial charge in [0.2, 0.25) is 0 Å². The first kappa shape index (κ1) is 21.3. The number of alkyl halides is 8. The van der Waals surface area contributed by atoms with Crippen LogP contribution in [0.2, 0.25) is 5.02 Å². The molecule has 0 aliphatic heterocycles. The van der Waals surface area contributed by atoms with E-state index in [9.17, 15) is 48.3 Å². The van der Waals surface area contributed by atoms with Crippen LogP contribution in [-0.2, 0) is 10.7 Å². The summed E-state index contributed by atoms with van der Waals surface area (Å²) < 4.78 is 145. The second-order valence-corrected chi connectivity index (χ2v) is 4.82. The van der Waals surface area contributed by atoms with Gasteiger partial charge in [0.05, 0.1) is 0 Å². The van der Waals surface area contributed by atoms with Crippen molar-refractivity contribution in [2.75, 3.05) is 0 Å². The highest BCUT2D eigenvalue weighted by atomic mass is 35.5. The number of hydrogen-bond donors (Lipinski definition) is 0. The van der Waals surface area contributed by atoms with E-state index >= 15 is 0 Å². The number of hydrogen-bond acceptors (Lipinski definition) is 1. The fourth-order valence-electron chi connectivity index (χ4n) is 1.44. The van der Waals surface area contributed by atoms with Gasteiger partial charge in [-0.25, -0.2) is 0 Å². The zero-order chi connectivity index (χ0) is 19.8. The molecule has 0 saturated carbocycles. The smallest absolute Gasteiger partial charge is 0.397 e. The first-order valence-corrected chi connectivity index (χ1v) is 6.13. The molecule has 142 valence electrons. The fourth-order valence-corrected chi connectivity index (χ4v) is 1.56. The molecule has 0 unspecified atom stereocenters. The molecule has 0 aliphatic carbocycles. The summed E-state index contributed by atoms with van der Waals surface area (Å²) in [6.45, 7) is 0. The lowest BCUT2D eigenvalue weighted by Crippen LogP contribution is -2.61. The summed E-state index contributed by atoms with van der Waals surface area (Å²) in [4.78, 5) is 0. The Labute approximate surface area is 136 Å². The molecule has 1 rings (SSSR count). The molecular weight excluding hydrogens is 405 g/mol. The van der Waals surface area contributed by atoms with Crippen molar-refractivity contribution in [2.24, 2.45) is 0 Å². The monoisotopic (exact) mass is 408 g/mol. The van der Waals surface area contributed by atoms with Gasteiger partial charge in [-0.3, -0.25) is 0 Å². The van der Waals surface area contributed by atoms with Crippen LogP contribution in [0.5, 0.6) is 0 Å². The minimum absolute atomic E-state index is 0.146. The first-order valence-electron chi connectivity index (χ1n) is 5.75. The molecule has 0 bridgehead atoms. The van der Waals surface area contributed by atoms with E-state index in [1.807, 2.05) is 0 Å². The van der Waals surface area contributed by atoms with Crippen LogP contribution in [0.15, 0.2) is 36.4 Å². The summed E-state index contributed by atoms with van der Waals surface area (Å²) in [6, 6.07) is -2.18. The molecule has 0 radical (unpaired) electrons. The predicted molar refractivity (Wildman–Crippen MR) is 61.6 cm³/mol. The average Bonchev–Trinajstić information content (AvgIpc) is 2.46. The number of rotatable bonds is 6. The molecule has 25 heavy (non-hydrogen) atoms. The largest absolute Gasteiger partial charge is 0.472 e. The number of benzene rings is 1. The van der Waals surface area contributed by atoms with Crippen LogP contribution in [-0.4, -0.2) is 18.0 Å². The fraction of sp³-hybridized carbons (Fsp3) is 0.333. The van der Waals surface area contributed by atoms with Crippen molar-refractivity contribution in [1.82, 2.24) is 0 Å². The molecule has 0 spiro atoms. The average molecular weight is 409 g/mol. The summed E-state index contributed by atoms with van der Waals surface area (Å²) >= 11 is 5.29. The van der Waals surface area contributed by atoms with Crippen molar-refractivity contribution >= 4 is 11.6 Å². The first-order chi connectivity index (χ1) is 11.1. The molecule has 1 aromatic rings. The van der Waals surface area contributed by atoms with Gasteiger partial charge in [-0.05, 0) is 12.1 Å². The highest BCUT2D eigenvalue weighted by Gasteiger charge is 2.83. The van der Waals surface area contributed by atoms with Crippen molar-refractivity contribution in [2.45, 2.75) is 23.9 Å². The van der Waals surface area contributed by atoms with Gasteiger partial charge < -0.3 is 4.74 Å². The van der Waals surface area contributed by atoms with Crippen molar-refractivity contribution in [3.05, 3.63) is 46.9 Å². The van der Waals surface area contributed by atoms with Crippen LogP contribution in [0.3, 0.4) is 0 Å². The molecule has 0 aromatic heterocycles. The standard InChI is InChI=1S/C12H4ClF11O/c13-6-3-1-5(2-4-6)9(17,18)10(19,20)11(21,22)12(23,24)25-8(16)7(14)15/h1-4H. The molecule has 1 aromatic carbocycles. The van der Waals surface area contributed by atoms with Gasteiger partial charge in [0, 0.05) is 10.6 Å². The second kappa shape index (κ2) is 6.54. The van der Waals surface area contributed by atoms with Gasteiger partial charge in [-0.1, -0.05) is 23.7 Å². The molecule has 0 aliphatic rings. The van der Waals surface area contributed by atoms with E-state index in [2.05, 4.69) is 4.74 Å². The summed E-state index contributed by atoms with van der Waals surface area (Å²) in [5, 5.41) is -0.270. The maximum atomic E-state index is 13.7. The molecule has 0 fully saturated rings. The normalized spacial score (nSPS) is 13.6. The Morgan fingerprint density at radius 1 is 0.760 bits per heavy atom. The van der Waals surface area contributed by atoms with E-state index in [1.54, 1.807) is 0 Å². The third-order valence-corrected chi connectivity index (χ3v) is 2.98. The highest BCUT2D eigenvalue weighted by Crippen LogP contribution is 2.57. The van der Waals surface area contributed by atoms with E-state index < -0.39 is 41.5 Å². The van der Waals surface area contributed by atoms with Crippen LogP contribution in [0.25, 0.3) is 0 Å². The number of halogens is 12. The van der Waals surface area contributed by atoms with E-state index in [0.717, 1.165) is 0 Å². The SMILES string of the molecule is FC(F)=C(F)OC(F)(F)C(F)(F)C(F)(F)C(F)(F)c1ccc(Cl)cc1. The van der Waals surface area contributed by atoms with Gasteiger partial charge in [-0.15, -0.1) is 0 Å². The Bertz CT molecular complexity index is 650. The quantitative estimate of drug-likeness (QED) is 0.394. The van der Waals surface area contributed by atoms with Crippen molar-refractivity contribution < 1.29 is 53.0 Å². The minimum atomic E-state index is -7.09. The van der Waals surface area contributed by atoms with Crippen LogP contribution in [0.1, 0.15) is 5.56 Å². The van der Waals surface area contributed by atoms with Gasteiger partial charge >= 0.3 is 36.0 Å².